The van der Waals surface area contributed by atoms with E-state index in [1.54, 1.807) is 0 Å². The number of benzene rings is 2. The Balaban J connectivity index is 1.55. The Bertz CT molecular complexity index is 1250. The molecule has 0 saturated carbocycles. The van der Waals surface area contributed by atoms with Gasteiger partial charge in [-0.05, 0) is 31.2 Å². The van der Waals surface area contributed by atoms with Crippen molar-refractivity contribution in [1.29, 1.82) is 0 Å². The van der Waals surface area contributed by atoms with Gasteiger partial charge in [0.2, 0.25) is 0 Å². The number of aromatic nitrogens is 4. The third-order valence-corrected chi connectivity index (χ3v) is 5.42. The van der Waals surface area contributed by atoms with Gasteiger partial charge in [-0.2, -0.15) is 5.10 Å². The Morgan fingerprint density at radius 1 is 1.15 bits per heavy atom. The standard InChI is InChI=1S/C22H18ClF3N4O3/c1-13(32-9-16-8-21(29-33-16)17-4-2-14(23)6-19(17)25)22(31,10-30-12-27-11-28-30)18-5-3-15(24)7-20(18)26/h2-8,11-13,31H,9-10H2,1H3. The first kappa shape index (κ1) is 23.0. The molecule has 2 heterocycles. The molecule has 4 rings (SSSR count). The van der Waals surface area contributed by atoms with Gasteiger partial charge in [-0.15, -0.1) is 0 Å². The highest BCUT2D eigenvalue weighted by atomic mass is 35.5. The first-order valence-electron chi connectivity index (χ1n) is 9.79. The summed E-state index contributed by atoms with van der Waals surface area (Å²) in [5, 5.41) is 19.5. The van der Waals surface area contributed by atoms with Crippen LogP contribution in [0.1, 0.15) is 18.2 Å². The fourth-order valence-corrected chi connectivity index (χ4v) is 3.54. The average molecular weight is 479 g/mol. The van der Waals surface area contributed by atoms with Crippen LogP contribution in [0.2, 0.25) is 5.02 Å². The zero-order valence-corrected chi connectivity index (χ0v) is 18.0. The highest BCUT2D eigenvalue weighted by Crippen LogP contribution is 2.32. The summed E-state index contributed by atoms with van der Waals surface area (Å²) in [5.74, 6) is -2.04. The van der Waals surface area contributed by atoms with Crippen LogP contribution in [0.4, 0.5) is 13.2 Å². The number of ether oxygens (including phenoxy) is 1. The second kappa shape index (κ2) is 9.34. The Morgan fingerprint density at radius 3 is 2.67 bits per heavy atom. The van der Waals surface area contributed by atoms with Crippen LogP contribution in [0, 0.1) is 17.5 Å². The normalized spacial score (nSPS) is 14.2. The molecule has 1 N–H and O–H groups in total. The largest absolute Gasteiger partial charge is 0.380 e. The van der Waals surface area contributed by atoms with Gasteiger partial charge >= 0.3 is 0 Å². The van der Waals surface area contributed by atoms with Crippen LogP contribution >= 0.6 is 11.6 Å². The summed E-state index contributed by atoms with van der Waals surface area (Å²) in [7, 11) is 0. The number of hydrogen-bond donors (Lipinski definition) is 1. The van der Waals surface area contributed by atoms with Crippen LogP contribution < -0.4 is 0 Å². The van der Waals surface area contributed by atoms with E-state index in [0.29, 0.717) is 6.07 Å². The third-order valence-electron chi connectivity index (χ3n) is 5.18. The molecule has 7 nitrogen and oxygen atoms in total. The van der Waals surface area contributed by atoms with Gasteiger partial charge in [0.05, 0.1) is 12.6 Å². The Morgan fingerprint density at radius 2 is 1.97 bits per heavy atom. The van der Waals surface area contributed by atoms with Crippen molar-refractivity contribution in [1.82, 2.24) is 19.9 Å². The van der Waals surface area contributed by atoms with Crippen molar-refractivity contribution in [3.05, 3.63) is 88.9 Å². The first-order valence-corrected chi connectivity index (χ1v) is 10.2. The number of aliphatic hydroxyl groups is 1. The quantitative estimate of drug-likeness (QED) is 0.401. The van der Waals surface area contributed by atoms with E-state index < -0.39 is 29.2 Å². The van der Waals surface area contributed by atoms with Gasteiger partial charge < -0.3 is 14.4 Å². The Hall–Kier alpha value is -3.21. The average Bonchev–Trinajstić information content (AvgIpc) is 3.44. The number of nitrogens with zero attached hydrogens (tertiary/aromatic N) is 4. The molecule has 0 spiro atoms. The smallest absolute Gasteiger partial charge is 0.163 e. The summed E-state index contributed by atoms with van der Waals surface area (Å²) in [4.78, 5) is 3.82. The van der Waals surface area contributed by atoms with Gasteiger partial charge in [0.15, 0.2) is 5.76 Å². The molecule has 11 heteroatoms. The number of hydrogen-bond acceptors (Lipinski definition) is 6. The monoisotopic (exact) mass is 478 g/mol. The lowest BCUT2D eigenvalue weighted by Gasteiger charge is -2.34. The van der Waals surface area contributed by atoms with Crippen LogP contribution in [0.3, 0.4) is 0 Å². The fraction of sp³-hybridized carbons (Fsp3) is 0.227. The van der Waals surface area contributed by atoms with E-state index >= 15 is 0 Å². The fourth-order valence-electron chi connectivity index (χ4n) is 3.38. The molecule has 2 unspecified atom stereocenters. The third kappa shape index (κ3) is 4.92. The molecule has 0 saturated heterocycles. The van der Waals surface area contributed by atoms with E-state index in [1.165, 1.54) is 42.5 Å². The molecule has 0 radical (unpaired) electrons. The van der Waals surface area contributed by atoms with Gasteiger partial charge in [0, 0.05) is 28.3 Å². The van der Waals surface area contributed by atoms with E-state index in [1.807, 2.05) is 0 Å². The second-order valence-electron chi connectivity index (χ2n) is 7.40. The van der Waals surface area contributed by atoms with Gasteiger partial charge in [-0.3, -0.25) is 0 Å². The number of halogens is 4. The van der Waals surface area contributed by atoms with Crippen molar-refractivity contribution in [2.75, 3.05) is 0 Å². The van der Waals surface area contributed by atoms with Crippen LogP contribution in [-0.4, -0.2) is 31.1 Å². The maximum Gasteiger partial charge on any atom is 0.163 e. The molecule has 0 aliphatic rings. The van der Waals surface area contributed by atoms with Crippen molar-refractivity contribution >= 4 is 11.6 Å². The maximum atomic E-state index is 14.6. The van der Waals surface area contributed by atoms with Gasteiger partial charge in [0.25, 0.3) is 0 Å². The molecular formula is C22H18ClF3N4O3. The van der Waals surface area contributed by atoms with Crippen molar-refractivity contribution in [3.63, 3.8) is 0 Å². The van der Waals surface area contributed by atoms with Crippen molar-refractivity contribution in [3.8, 4) is 11.3 Å². The second-order valence-corrected chi connectivity index (χ2v) is 7.83. The first-order chi connectivity index (χ1) is 15.8. The molecule has 4 aromatic rings. The molecule has 2 aromatic heterocycles. The lowest BCUT2D eigenvalue weighted by molar-refractivity contribution is -0.126. The molecule has 0 amide bonds. The van der Waals surface area contributed by atoms with E-state index in [0.717, 1.165) is 18.2 Å². The predicted molar refractivity (Wildman–Crippen MR) is 111 cm³/mol. The van der Waals surface area contributed by atoms with E-state index in [9.17, 15) is 18.3 Å². The van der Waals surface area contributed by atoms with Gasteiger partial charge in [0.1, 0.15) is 48.0 Å². The molecule has 33 heavy (non-hydrogen) atoms. The zero-order chi connectivity index (χ0) is 23.6. The molecule has 0 fully saturated rings. The van der Waals surface area contributed by atoms with Gasteiger partial charge in [-0.1, -0.05) is 22.8 Å². The summed E-state index contributed by atoms with van der Waals surface area (Å²) in [6.07, 6.45) is 1.60. The molecule has 172 valence electrons. The van der Waals surface area contributed by atoms with Gasteiger partial charge in [-0.25, -0.2) is 22.8 Å². The van der Waals surface area contributed by atoms with Crippen molar-refractivity contribution in [2.24, 2.45) is 0 Å². The minimum Gasteiger partial charge on any atom is -0.380 e. The summed E-state index contributed by atoms with van der Waals surface area (Å²) >= 11 is 5.77. The van der Waals surface area contributed by atoms with E-state index in [-0.39, 0.29) is 40.8 Å². The van der Waals surface area contributed by atoms with E-state index in [2.05, 4.69) is 15.2 Å². The molecular weight excluding hydrogens is 461 g/mol. The summed E-state index contributed by atoms with van der Waals surface area (Å²) < 4.78 is 54.4. The summed E-state index contributed by atoms with van der Waals surface area (Å²) in [6, 6.07) is 8.50. The zero-order valence-electron chi connectivity index (χ0n) is 17.3. The highest BCUT2D eigenvalue weighted by molar-refractivity contribution is 6.30. The molecule has 0 aliphatic heterocycles. The molecule has 2 aromatic carbocycles. The van der Waals surface area contributed by atoms with Crippen molar-refractivity contribution < 1.29 is 27.5 Å². The lowest BCUT2D eigenvalue weighted by atomic mass is 9.88. The lowest BCUT2D eigenvalue weighted by Crippen LogP contribution is -2.44. The van der Waals surface area contributed by atoms with Crippen molar-refractivity contribution in [2.45, 2.75) is 31.8 Å². The predicted octanol–water partition coefficient (Wildman–Crippen LogP) is 4.50. The molecule has 0 aliphatic carbocycles. The number of rotatable bonds is 8. The summed E-state index contributed by atoms with van der Waals surface area (Å²) in [5.41, 5.74) is -1.68. The minimum atomic E-state index is -1.93. The highest BCUT2D eigenvalue weighted by Gasteiger charge is 2.40. The Kier molecular flexibility index (Phi) is 6.50. The summed E-state index contributed by atoms with van der Waals surface area (Å²) in [6.45, 7) is 1.15. The minimum absolute atomic E-state index is 0.161. The van der Waals surface area contributed by atoms with Crippen LogP contribution in [0.15, 0.2) is 59.6 Å². The van der Waals surface area contributed by atoms with Crippen LogP contribution in [0.25, 0.3) is 11.3 Å². The molecule has 0 bridgehead atoms. The Labute approximate surface area is 191 Å². The molecule has 2 atom stereocenters. The van der Waals surface area contributed by atoms with Crippen LogP contribution in [-0.2, 0) is 23.5 Å². The topological polar surface area (TPSA) is 86.2 Å². The van der Waals surface area contributed by atoms with E-state index in [4.69, 9.17) is 20.9 Å². The maximum absolute atomic E-state index is 14.6. The SMILES string of the molecule is CC(OCc1cc(-c2ccc(Cl)cc2F)no1)C(O)(Cn1cncn1)c1ccc(F)cc1F. The van der Waals surface area contributed by atoms with Crippen LogP contribution in [0.5, 0.6) is 0 Å².